The summed E-state index contributed by atoms with van der Waals surface area (Å²) in [6.07, 6.45) is 0.417. The number of hydrogen-bond donors (Lipinski definition) is 4. The third-order valence-corrected chi connectivity index (χ3v) is 6.73. The highest BCUT2D eigenvalue weighted by atomic mass is 32.1. The second-order valence-corrected chi connectivity index (χ2v) is 8.86. The molecule has 1 fully saturated rings. The summed E-state index contributed by atoms with van der Waals surface area (Å²) >= 11 is 1.27. The van der Waals surface area contributed by atoms with Crippen LogP contribution in [-0.2, 0) is 11.2 Å². The van der Waals surface area contributed by atoms with Crippen LogP contribution in [0.2, 0.25) is 0 Å². The monoisotopic (exact) mass is 473 g/mol. The number of piperazine rings is 1. The number of aromatic nitrogens is 1. The van der Waals surface area contributed by atoms with Gasteiger partial charge in [-0.25, -0.2) is 19.0 Å². The van der Waals surface area contributed by atoms with Gasteiger partial charge in [0.05, 0.1) is 22.7 Å². The number of benzene rings is 1. The maximum absolute atomic E-state index is 13.2. The van der Waals surface area contributed by atoms with E-state index in [2.05, 4.69) is 20.9 Å². The Hall–Kier alpha value is -3.54. The van der Waals surface area contributed by atoms with Crippen molar-refractivity contribution in [3.05, 3.63) is 46.2 Å². The fourth-order valence-electron chi connectivity index (χ4n) is 4.11. The molecule has 33 heavy (non-hydrogen) atoms. The summed E-state index contributed by atoms with van der Waals surface area (Å²) in [4.78, 5) is 45.9. The fraction of sp³-hybridized carbons (Fsp3) is 0.381. The highest BCUT2D eigenvalue weighted by Gasteiger charge is 2.45. The van der Waals surface area contributed by atoms with Gasteiger partial charge in [0, 0.05) is 38.5 Å². The summed E-state index contributed by atoms with van der Waals surface area (Å²) in [6, 6.07) is 3.67. The molecule has 1 aromatic carbocycles. The van der Waals surface area contributed by atoms with E-state index in [0.717, 1.165) is 10.6 Å². The highest BCUT2D eigenvalue weighted by Crippen LogP contribution is 2.41. The summed E-state index contributed by atoms with van der Waals surface area (Å²) in [5, 5.41) is 16.6. The zero-order valence-electron chi connectivity index (χ0n) is 18.1. The van der Waals surface area contributed by atoms with Gasteiger partial charge in [-0.1, -0.05) is 11.3 Å². The van der Waals surface area contributed by atoms with Crippen molar-refractivity contribution in [3.63, 3.8) is 0 Å². The van der Waals surface area contributed by atoms with Gasteiger partial charge < -0.3 is 15.1 Å². The van der Waals surface area contributed by atoms with E-state index in [1.165, 1.54) is 42.5 Å². The van der Waals surface area contributed by atoms with Crippen LogP contribution in [0.4, 0.5) is 19.1 Å². The van der Waals surface area contributed by atoms with Crippen molar-refractivity contribution in [1.29, 1.82) is 5.41 Å². The van der Waals surface area contributed by atoms with Crippen LogP contribution in [0.25, 0.3) is 0 Å². The summed E-state index contributed by atoms with van der Waals surface area (Å²) in [5.41, 5.74) is 1.17. The lowest BCUT2D eigenvalue weighted by atomic mass is 9.93. The topological polar surface area (TPSA) is 131 Å². The van der Waals surface area contributed by atoms with Crippen molar-refractivity contribution >= 4 is 40.3 Å². The van der Waals surface area contributed by atoms with Gasteiger partial charge in [0.1, 0.15) is 11.7 Å². The lowest BCUT2D eigenvalue weighted by Crippen LogP contribution is -2.62. The summed E-state index contributed by atoms with van der Waals surface area (Å²) in [6.45, 7) is 4.42. The molecule has 174 valence electrons. The van der Waals surface area contributed by atoms with Crippen LogP contribution in [0.5, 0.6) is 0 Å². The Labute approximate surface area is 193 Å². The van der Waals surface area contributed by atoms with Crippen molar-refractivity contribution in [2.24, 2.45) is 0 Å². The molecule has 0 spiro atoms. The first kappa shape index (κ1) is 22.6. The van der Waals surface area contributed by atoms with Crippen molar-refractivity contribution in [2.45, 2.75) is 32.4 Å². The number of carbonyl (C=O) groups excluding carboxylic acids is 3. The number of nitrogens with zero attached hydrogens (tertiary/aromatic N) is 3. The summed E-state index contributed by atoms with van der Waals surface area (Å²) < 4.78 is 13.2. The molecular formula is C21H24FN7O3S. The minimum absolute atomic E-state index is 0.0854. The van der Waals surface area contributed by atoms with E-state index in [1.54, 1.807) is 9.80 Å². The zero-order chi connectivity index (χ0) is 23.7. The van der Waals surface area contributed by atoms with Gasteiger partial charge in [-0.2, -0.15) is 0 Å². The average molecular weight is 474 g/mol. The highest BCUT2D eigenvalue weighted by molar-refractivity contribution is 7.16. The van der Waals surface area contributed by atoms with Gasteiger partial charge in [-0.3, -0.25) is 20.8 Å². The van der Waals surface area contributed by atoms with Crippen LogP contribution < -0.4 is 16.0 Å². The van der Waals surface area contributed by atoms with E-state index in [4.69, 9.17) is 5.41 Å². The molecule has 0 saturated carbocycles. The Kier molecular flexibility index (Phi) is 6.27. The first-order valence-electron chi connectivity index (χ1n) is 10.5. The predicted molar refractivity (Wildman–Crippen MR) is 121 cm³/mol. The number of anilines is 1. The number of urea groups is 2. The molecule has 2 aromatic rings. The molecule has 1 aromatic heterocycles. The third kappa shape index (κ3) is 4.65. The number of hydrogen-bond acceptors (Lipinski definition) is 6. The number of thiazole rings is 1. The predicted octanol–water partition coefficient (Wildman–Crippen LogP) is 2.29. The van der Waals surface area contributed by atoms with E-state index >= 15 is 0 Å². The molecule has 1 saturated heterocycles. The van der Waals surface area contributed by atoms with Gasteiger partial charge in [0.15, 0.2) is 5.13 Å². The van der Waals surface area contributed by atoms with Gasteiger partial charge in [-0.05, 0) is 31.2 Å². The van der Waals surface area contributed by atoms with Crippen LogP contribution in [0.3, 0.4) is 0 Å². The molecule has 12 heteroatoms. The normalized spacial score (nSPS) is 18.9. The number of amidine groups is 1. The van der Waals surface area contributed by atoms with Crippen LogP contribution in [0.15, 0.2) is 24.3 Å². The number of nitrogens with one attached hydrogen (secondary N) is 4. The molecule has 2 atom stereocenters. The van der Waals surface area contributed by atoms with Crippen LogP contribution in [-0.4, -0.2) is 64.3 Å². The molecule has 5 amide bonds. The molecule has 0 radical (unpaired) electrons. The third-order valence-electron chi connectivity index (χ3n) is 5.62. The van der Waals surface area contributed by atoms with Crippen molar-refractivity contribution in [3.8, 4) is 0 Å². The van der Waals surface area contributed by atoms with E-state index in [0.29, 0.717) is 36.8 Å². The molecule has 3 heterocycles. The van der Waals surface area contributed by atoms with E-state index < -0.39 is 17.9 Å². The van der Waals surface area contributed by atoms with E-state index in [1.807, 2.05) is 6.92 Å². The largest absolute Gasteiger partial charge is 0.338 e. The molecule has 0 aliphatic carbocycles. The number of halogens is 1. The number of rotatable bonds is 3. The van der Waals surface area contributed by atoms with Crippen molar-refractivity contribution in [2.75, 3.05) is 25.0 Å². The minimum atomic E-state index is -0.472. The Bertz CT molecular complexity index is 1100. The van der Waals surface area contributed by atoms with Crippen LogP contribution in [0.1, 0.15) is 36.0 Å². The lowest BCUT2D eigenvalue weighted by Gasteiger charge is -2.48. The Morgan fingerprint density at radius 2 is 1.97 bits per heavy atom. The average Bonchev–Trinajstić information content (AvgIpc) is 3.15. The molecule has 4 N–H and O–H groups in total. The van der Waals surface area contributed by atoms with Crippen molar-refractivity contribution < 1.29 is 18.8 Å². The molecular weight excluding hydrogens is 449 g/mol. The second-order valence-electron chi connectivity index (χ2n) is 7.83. The van der Waals surface area contributed by atoms with Crippen LogP contribution in [0, 0.1) is 11.2 Å². The standard InChI is InChI=1S/C21H24FN7O3S/c1-3-24-19(31)27-20-25-15-8-14-9-28(11(2)30)10-16(17(15)33-20)29(14)21(32)26-18(23)12-4-6-13(22)7-5-12/h4-7,14,16H,3,8-10H2,1-2H3,(H2,23,26,32)(H2,24,25,27,31). The van der Waals surface area contributed by atoms with Gasteiger partial charge in [-0.15, -0.1) is 0 Å². The van der Waals surface area contributed by atoms with Gasteiger partial charge in [0.2, 0.25) is 5.91 Å². The number of carbonyl (C=O) groups is 3. The summed E-state index contributed by atoms with van der Waals surface area (Å²) in [7, 11) is 0. The maximum atomic E-state index is 13.2. The second kappa shape index (κ2) is 9.14. The van der Waals surface area contributed by atoms with Gasteiger partial charge >= 0.3 is 12.1 Å². The first-order valence-corrected chi connectivity index (χ1v) is 11.3. The number of fused-ring (bicyclic) bond motifs is 4. The minimum Gasteiger partial charge on any atom is -0.338 e. The van der Waals surface area contributed by atoms with Crippen LogP contribution >= 0.6 is 11.3 Å². The fourth-order valence-corrected chi connectivity index (χ4v) is 5.19. The quantitative estimate of drug-likeness (QED) is 0.402. The Morgan fingerprint density at radius 3 is 2.64 bits per heavy atom. The first-order chi connectivity index (χ1) is 15.8. The Morgan fingerprint density at radius 1 is 1.24 bits per heavy atom. The lowest BCUT2D eigenvalue weighted by molar-refractivity contribution is -0.133. The molecule has 2 bridgehead atoms. The van der Waals surface area contributed by atoms with Crippen molar-refractivity contribution in [1.82, 2.24) is 25.4 Å². The summed E-state index contributed by atoms with van der Waals surface area (Å²) in [5.74, 6) is -0.657. The molecule has 10 nitrogen and oxygen atoms in total. The SMILES string of the molecule is CCNC(=O)Nc1nc2c(s1)C1CN(C(C)=O)CC(C2)N1C(=O)NC(=N)c1ccc(F)cc1. The Balaban J connectivity index is 1.58. The molecule has 2 aliphatic heterocycles. The maximum Gasteiger partial charge on any atom is 0.323 e. The van der Waals surface area contributed by atoms with Gasteiger partial charge in [0.25, 0.3) is 0 Å². The molecule has 2 unspecified atom stereocenters. The molecule has 2 aliphatic rings. The smallest absolute Gasteiger partial charge is 0.323 e. The number of amides is 5. The van der Waals surface area contributed by atoms with E-state index in [-0.39, 0.29) is 23.8 Å². The van der Waals surface area contributed by atoms with E-state index in [9.17, 15) is 18.8 Å². The molecule has 4 rings (SSSR count). The zero-order valence-corrected chi connectivity index (χ0v) is 19.0.